The van der Waals surface area contributed by atoms with Gasteiger partial charge >= 0.3 is 0 Å². The van der Waals surface area contributed by atoms with Crippen LogP contribution in [0, 0.1) is 5.92 Å². The molecular weight excluding hydrogens is 184 g/mol. The SMILES string of the molecule is C=C=C(OO)C(CO)COC(C)CC. The van der Waals surface area contributed by atoms with Gasteiger partial charge in [-0.25, -0.2) is 5.26 Å². The molecule has 0 radical (unpaired) electrons. The van der Waals surface area contributed by atoms with Gasteiger partial charge in [-0.2, -0.15) is 0 Å². The van der Waals surface area contributed by atoms with Crippen molar-refractivity contribution in [2.75, 3.05) is 13.2 Å². The average Bonchev–Trinajstić information content (AvgIpc) is 2.23. The number of rotatable bonds is 7. The lowest BCUT2D eigenvalue weighted by atomic mass is 10.1. The molecule has 0 fully saturated rings. The Kier molecular flexibility index (Phi) is 7.16. The van der Waals surface area contributed by atoms with E-state index < -0.39 is 5.92 Å². The molecular formula is C10H18O4. The maximum Gasteiger partial charge on any atom is 0.191 e. The predicted molar refractivity (Wildman–Crippen MR) is 52.6 cm³/mol. The summed E-state index contributed by atoms with van der Waals surface area (Å²) in [6.45, 7) is 7.39. The van der Waals surface area contributed by atoms with Crippen LogP contribution in [0.15, 0.2) is 18.1 Å². The number of hydrogen-bond acceptors (Lipinski definition) is 4. The molecule has 0 aromatic heterocycles. The van der Waals surface area contributed by atoms with Crippen molar-refractivity contribution in [3.8, 4) is 0 Å². The summed E-state index contributed by atoms with van der Waals surface area (Å²) in [4.78, 5) is 4.02. The fraction of sp³-hybridized carbons (Fsp3) is 0.700. The zero-order valence-corrected chi connectivity index (χ0v) is 8.69. The van der Waals surface area contributed by atoms with Crippen molar-refractivity contribution in [2.24, 2.45) is 5.92 Å². The zero-order chi connectivity index (χ0) is 11.0. The van der Waals surface area contributed by atoms with Crippen molar-refractivity contribution in [2.45, 2.75) is 26.4 Å². The van der Waals surface area contributed by atoms with Gasteiger partial charge in [0.25, 0.3) is 0 Å². The molecule has 0 amide bonds. The third-order valence-electron chi connectivity index (χ3n) is 2.02. The Morgan fingerprint density at radius 3 is 2.57 bits per heavy atom. The van der Waals surface area contributed by atoms with Gasteiger partial charge in [-0.05, 0) is 13.3 Å². The summed E-state index contributed by atoms with van der Waals surface area (Å²) in [5, 5.41) is 17.4. The van der Waals surface area contributed by atoms with Gasteiger partial charge in [-0.3, -0.25) is 0 Å². The van der Waals surface area contributed by atoms with Crippen molar-refractivity contribution in [1.82, 2.24) is 0 Å². The van der Waals surface area contributed by atoms with Crippen LogP contribution in [0.2, 0.25) is 0 Å². The lowest BCUT2D eigenvalue weighted by Crippen LogP contribution is -2.20. The Hall–Kier alpha value is -0.800. The molecule has 0 aliphatic heterocycles. The first kappa shape index (κ1) is 13.2. The molecule has 0 heterocycles. The monoisotopic (exact) mass is 202 g/mol. The van der Waals surface area contributed by atoms with Crippen LogP contribution in [-0.4, -0.2) is 29.7 Å². The molecule has 0 bridgehead atoms. The first-order chi connectivity index (χ1) is 6.69. The van der Waals surface area contributed by atoms with E-state index in [0.717, 1.165) is 6.42 Å². The number of aliphatic hydroxyl groups is 1. The molecule has 4 heteroatoms. The molecule has 0 aromatic rings. The normalized spacial score (nSPS) is 14.3. The molecule has 0 rings (SSSR count). The zero-order valence-electron chi connectivity index (χ0n) is 8.69. The summed E-state index contributed by atoms with van der Waals surface area (Å²) in [6, 6.07) is 0. The first-order valence-corrected chi connectivity index (χ1v) is 4.63. The standard InChI is InChI=1S/C10H18O4/c1-4-8(3)13-7-9(6-11)10(5-2)14-12/h8-9,11-12H,2,4,6-7H2,1,3H3. The molecule has 2 unspecified atom stereocenters. The number of aliphatic hydroxyl groups excluding tert-OH is 1. The third-order valence-corrected chi connectivity index (χ3v) is 2.02. The molecule has 0 saturated carbocycles. The molecule has 0 aliphatic rings. The molecule has 0 aromatic carbocycles. The molecule has 2 N–H and O–H groups in total. The van der Waals surface area contributed by atoms with E-state index in [1.807, 2.05) is 13.8 Å². The van der Waals surface area contributed by atoms with Gasteiger partial charge in [-0.15, -0.1) is 0 Å². The van der Waals surface area contributed by atoms with Gasteiger partial charge in [0, 0.05) is 0 Å². The summed E-state index contributed by atoms with van der Waals surface area (Å²) < 4.78 is 5.39. The summed E-state index contributed by atoms with van der Waals surface area (Å²) in [7, 11) is 0. The van der Waals surface area contributed by atoms with E-state index in [1.54, 1.807) is 0 Å². The highest BCUT2D eigenvalue weighted by atomic mass is 17.1. The molecule has 0 spiro atoms. The molecule has 0 aliphatic carbocycles. The molecule has 0 saturated heterocycles. The maximum atomic E-state index is 8.98. The quantitative estimate of drug-likeness (QED) is 0.285. The van der Waals surface area contributed by atoms with Crippen molar-refractivity contribution < 1.29 is 20.0 Å². The van der Waals surface area contributed by atoms with E-state index in [-0.39, 0.29) is 25.1 Å². The minimum atomic E-state index is -0.411. The third kappa shape index (κ3) is 4.44. The topological polar surface area (TPSA) is 58.9 Å². The highest BCUT2D eigenvalue weighted by molar-refractivity contribution is 4.94. The van der Waals surface area contributed by atoms with Crippen LogP contribution in [0.5, 0.6) is 0 Å². The van der Waals surface area contributed by atoms with Gasteiger partial charge < -0.3 is 14.7 Å². The van der Waals surface area contributed by atoms with E-state index in [1.165, 1.54) is 0 Å². The van der Waals surface area contributed by atoms with Gasteiger partial charge in [0.2, 0.25) is 0 Å². The van der Waals surface area contributed by atoms with Gasteiger partial charge in [0.15, 0.2) is 5.76 Å². The van der Waals surface area contributed by atoms with E-state index >= 15 is 0 Å². The lowest BCUT2D eigenvalue weighted by Gasteiger charge is -2.16. The minimum absolute atomic E-state index is 0.107. The largest absolute Gasteiger partial charge is 0.395 e. The van der Waals surface area contributed by atoms with Crippen LogP contribution in [0.4, 0.5) is 0 Å². The van der Waals surface area contributed by atoms with E-state index in [0.29, 0.717) is 0 Å². The summed E-state index contributed by atoms with van der Waals surface area (Å²) in [5.74, 6) is -0.303. The molecule has 2 atom stereocenters. The second-order valence-corrected chi connectivity index (χ2v) is 3.06. The second kappa shape index (κ2) is 7.59. The Morgan fingerprint density at radius 2 is 2.21 bits per heavy atom. The molecule has 4 nitrogen and oxygen atoms in total. The summed E-state index contributed by atoms with van der Waals surface area (Å²) in [6.07, 6.45) is 1.01. The summed E-state index contributed by atoms with van der Waals surface area (Å²) >= 11 is 0. The number of hydrogen-bond donors (Lipinski definition) is 2. The lowest BCUT2D eigenvalue weighted by molar-refractivity contribution is -0.215. The van der Waals surface area contributed by atoms with Crippen LogP contribution in [-0.2, 0) is 9.62 Å². The van der Waals surface area contributed by atoms with Gasteiger partial charge in [0.1, 0.15) is 0 Å². The first-order valence-electron chi connectivity index (χ1n) is 4.63. The Balaban J connectivity index is 4.09. The fourth-order valence-electron chi connectivity index (χ4n) is 0.861. The highest BCUT2D eigenvalue weighted by Crippen LogP contribution is 2.11. The van der Waals surface area contributed by atoms with Crippen molar-refractivity contribution in [3.05, 3.63) is 18.1 Å². The second-order valence-electron chi connectivity index (χ2n) is 3.06. The van der Waals surface area contributed by atoms with E-state index in [2.05, 4.69) is 17.2 Å². The summed E-state index contributed by atoms with van der Waals surface area (Å²) in [5.41, 5.74) is 2.40. The van der Waals surface area contributed by atoms with Crippen LogP contribution in [0.1, 0.15) is 20.3 Å². The molecule has 82 valence electrons. The van der Waals surface area contributed by atoms with Crippen molar-refractivity contribution in [1.29, 1.82) is 0 Å². The predicted octanol–water partition coefficient (Wildman–Crippen LogP) is 1.57. The highest BCUT2D eigenvalue weighted by Gasteiger charge is 2.16. The Morgan fingerprint density at radius 1 is 1.57 bits per heavy atom. The van der Waals surface area contributed by atoms with Crippen LogP contribution in [0.3, 0.4) is 0 Å². The van der Waals surface area contributed by atoms with Crippen molar-refractivity contribution in [3.63, 3.8) is 0 Å². The van der Waals surface area contributed by atoms with Crippen LogP contribution < -0.4 is 0 Å². The average molecular weight is 202 g/mol. The minimum Gasteiger partial charge on any atom is -0.395 e. The Bertz CT molecular complexity index is 196. The van der Waals surface area contributed by atoms with Gasteiger partial charge in [0.05, 0.1) is 25.2 Å². The Labute approximate surface area is 84.4 Å². The van der Waals surface area contributed by atoms with E-state index in [9.17, 15) is 0 Å². The maximum absolute atomic E-state index is 8.98. The fourth-order valence-corrected chi connectivity index (χ4v) is 0.861. The molecule has 14 heavy (non-hydrogen) atoms. The number of ether oxygens (including phenoxy) is 1. The van der Waals surface area contributed by atoms with Gasteiger partial charge in [-0.1, -0.05) is 19.2 Å². The van der Waals surface area contributed by atoms with Crippen molar-refractivity contribution >= 4 is 0 Å². The van der Waals surface area contributed by atoms with Crippen LogP contribution in [0.25, 0.3) is 0 Å². The van der Waals surface area contributed by atoms with Crippen LogP contribution >= 0.6 is 0 Å². The smallest absolute Gasteiger partial charge is 0.191 e. The van der Waals surface area contributed by atoms with E-state index in [4.69, 9.17) is 15.1 Å².